The van der Waals surface area contributed by atoms with Gasteiger partial charge in [0.15, 0.2) is 5.78 Å². The molecule has 1 fully saturated rings. The van der Waals surface area contributed by atoms with Crippen LogP contribution >= 0.6 is 0 Å². The average molecular weight is 440 g/mol. The van der Waals surface area contributed by atoms with Gasteiger partial charge in [-0.15, -0.1) is 0 Å². The molecule has 0 saturated carbocycles. The van der Waals surface area contributed by atoms with Crippen LogP contribution in [-0.4, -0.2) is 75.3 Å². The van der Waals surface area contributed by atoms with Crippen LogP contribution in [0, 0.1) is 17.3 Å². The molecule has 0 aromatic carbocycles. The number of rotatable bonds is 6. The van der Waals surface area contributed by atoms with Crippen LogP contribution in [0.4, 0.5) is 0 Å². The molecule has 32 heavy (non-hydrogen) atoms. The van der Waals surface area contributed by atoms with Crippen molar-refractivity contribution in [3.8, 4) is 0 Å². The molecule has 3 aliphatic heterocycles. The van der Waals surface area contributed by atoms with Crippen molar-refractivity contribution in [2.75, 3.05) is 20.1 Å². The second kappa shape index (κ2) is 8.40. The van der Waals surface area contributed by atoms with Gasteiger partial charge in [0, 0.05) is 58.4 Å². The van der Waals surface area contributed by atoms with Crippen LogP contribution in [0.5, 0.6) is 0 Å². The highest BCUT2D eigenvalue weighted by Crippen LogP contribution is 2.30. The van der Waals surface area contributed by atoms with Gasteiger partial charge in [-0.1, -0.05) is 13.8 Å². The first-order valence-electron chi connectivity index (χ1n) is 10.9. The molecule has 0 spiro atoms. The number of likely N-dealkylation sites (tertiary alicyclic amines) is 1. The molecule has 10 heteroatoms. The number of carbonyl (C=O) groups excluding carboxylic acids is 3. The third-order valence-corrected chi connectivity index (χ3v) is 6.22. The summed E-state index contributed by atoms with van der Waals surface area (Å²) < 4.78 is 1.63. The highest BCUT2D eigenvalue weighted by molar-refractivity contribution is 6.24. The number of hydrazone groups is 1. The summed E-state index contributed by atoms with van der Waals surface area (Å²) in [5.74, 6) is 0.346. The summed E-state index contributed by atoms with van der Waals surface area (Å²) in [6, 6.07) is 0. The summed E-state index contributed by atoms with van der Waals surface area (Å²) in [6.07, 6.45) is 6.94. The first-order chi connectivity index (χ1) is 15.1. The molecular formula is C22H29N7O3. The molecule has 170 valence electrons. The number of ketones is 1. The van der Waals surface area contributed by atoms with Gasteiger partial charge < -0.3 is 4.90 Å². The van der Waals surface area contributed by atoms with E-state index in [2.05, 4.69) is 20.2 Å². The van der Waals surface area contributed by atoms with Crippen molar-refractivity contribution in [2.45, 2.75) is 39.5 Å². The Kier molecular flexibility index (Phi) is 5.79. The molecule has 1 unspecified atom stereocenters. The zero-order chi connectivity index (χ0) is 23.0. The average Bonchev–Trinajstić information content (AvgIpc) is 3.33. The third kappa shape index (κ3) is 4.53. The van der Waals surface area contributed by atoms with Gasteiger partial charge in [0.05, 0.1) is 11.8 Å². The zero-order valence-electron chi connectivity index (χ0n) is 19.0. The predicted octanol–water partition coefficient (Wildman–Crippen LogP) is 1.53. The van der Waals surface area contributed by atoms with Gasteiger partial charge >= 0.3 is 0 Å². The number of fused-ring (bicyclic) bond motifs is 1. The van der Waals surface area contributed by atoms with E-state index >= 15 is 0 Å². The van der Waals surface area contributed by atoms with Gasteiger partial charge in [0.1, 0.15) is 17.6 Å². The van der Waals surface area contributed by atoms with Crippen molar-refractivity contribution in [2.24, 2.45) is 39.4 Å². The third-order valence-electron chi connectivity index (χ3n) is 6.22. The number of Topliss-reactive ketones (excluding diaryl/α,β-unsaturated/α-hetero) is 1. The monoisotopic (exact) mass is 439 g/mol. The molecule has 4 heterocycles. The first kappa shape index (κ1) is 22.0. The molecule has 0 radical (unpaired) electrons. The van der Waals surface area contributed by atoms with Crippen LogP contribution < -0.4 is 0 Å². The minimum absolute atomic E-state index is 0.0526. The highest BCUT2D eigenvalue weighted by Gasteiger charge is 2.36. The zero-order valence-corrected chi connectivity index (χ0v) is 19.0. The van der Waals surface area contributed by atoms with E-state index in [4.69, 9.17) is 0 Å². The maximum absolute atomic E-state index is 13.0. The van der Waals surface area contributed by atoms with Gasteiger partial charge in [-0.3, -0.25) is 24.1 Å². The second-order valence-electron chi connectivity index (χ2n) is 9.54. The quantitative estimate of drug-likeness (QED) is 0.624. The Morgan fingerprint density at radius 3 is 2.53 bits per heavy atom. The Hall–Kier alpha value is -3.17. The topological polar surface area (TPSA) is 113 Å². The summed E-state index contributed by atoms with van der Waals surface area (Å²) in [5, 5.41) is 9.77. The molecule has 0 aliphatic carbocycles. The molecule has 4 rings (SSSR count). The van der Waals surface area contributed by atoms with E-state index < -0.39 is 11.3 Å². The Morgan fingerprint density at radius 1 is 1.16 bits per heavy atom. The molecule has 0 bridgehead atoms. The lowest BCUT2D eigenvalue weighted by atomic mass is 9.83. The van der Waals surface area contributed by atoms with E-state index in [0.29, 0.717) is 56.0 Å². The van der Waals surface area contributed by atoms with Gasteiger partial charge in [0.25, 0.3) is 5.91 Å². The van der Waals surface area contributed by atoms with E-state index in [1.54, 1.807) is 42.4 Å². The van der Waals surface area contributed by atoms with Crippen molar-refractivity contribution >= 4 is 35.5 Å². The van der Waals surface area contributed by atoms with E-state index in [1.165, 1.54) is 0 Å². The number of aryl methyl sites for hydroxylation is 1. The molecule has 2 amide bonds. The SMILES string of the molecule is CN1N=CC2C(=O)N=C(CC(C)(C)CC(=O)N3CCC(C(=O)c4cnn(C)c4)CC3)N=C21. The van der Waals surface area contributed by atoms with E-state index in [-0.39, 0.29) is 23.5 Å². The predicted molar refractivity (Wildman–Crippen MR) is 119 cm³/mol. The molecule has 1 atom stereocenters. The largest absolute Gasteiger partial charge is 0.343 e. The number of nitrogens with zero attached hydrogens (tertiary/aromatic N) is 7. The Labute approximate surface area is 187 Å². The standard InChI is InChI=1S/C22H29N7O3/c1-22(2,9-17-25-20-16(21(32)26-17)12-24-28(20)4)10-18(30)29-7-5-14(6-8-29)19(31)15-11-23-27(3)13-15/h11-14,16H,5-10H2,1-4H3. The Morgan fingerprint density at radius 2 is 1.88 bits per heavy atom. The molecule has 1 aromatic heterocycles. The fourth-order valence-corrected chi connectivity index (χ4v) is 4.43. The maximum atomic E-state index is 13.0. The number of piperidine rings is 1. The number of hydrogen-bond acceptors (Lipinski definition) is 7. The fourth-order valence-electron chi connectivity index (χ4n) is 4.43. The van der Waals surface area contributed by atoms with E-state index in [0.717, 1.165) is 0 Å². The number of carbonyl (C=O) groups is 3. The minimum Gasteiger partial charge on any atom is -0.343 e. The molecule has 10 nitrogen and oxygen atoms in total. The summed E-state index contributed by atoms with van der Waals surface area (Å²) >= 11 is 0. The highest BCUT2D eigenvalue weighted by atomic mass is 16.2. The lowest BCUT2D eigenvalue weighted by molar-refractivity contribution is -0.134. The smallest absolute Gasteiger partial charge is 0.263 e. The molecule has 3 aliphatic rings. The van der Waals surface area contributed by atoms with E-state index in [9.17, 15) is 14.4 Å². The van der Waals surface area contributed by atoms with Crippen LogP contribution in [-0.2, 0) is 16.6 Å². The Bertz CT molecular complexity index is 1030. The summed E-state index contributed by atoms with van der Waals surface area (Å²) in [6.45, 7) is 5.10. The fraction of sp³-hybridized carbons (Fsp3) is 0.591. The molecule has 0 N–H and O–H groups in total. The summed E-state index contributed by atoms with van der Waals surface area (Å²) in [7, 11) is 3.54. The minimum atomic E-state index is -0.496. The van der Waals surface area contributed by atoms with Crippen molar-refractivity contribution in [1.29, 1.82) is 0 Å². The number of aliphatic imine (C=N–C) groups is 2. The second-order valence-corrected chi connectivity index (χ2v) is 9.54. The number of amides is 2. The maximum Gasteiger partial charge on any atom is 0.263 e. The van der Waals surface area contributed by atoms with E-state index in [1.807, 2.05) is 18.7 Å². The normalized spacial score (nSPS) is 21.5. The first-order valence-corrected chi connectivity index (χ1v) is 10.9. The van der Waals surface area contributed by atoms with Crippen LogP contribution in [0.25, 0.3) is 0 Å². The molecular weight excluding hydrogens is 410 g/mol. The lowest BCUT2D eigenvalue weighted by Crippen LogP contribution is -2.42. The van der Waals surface area contributed by atoms with Crippen LogP contribution in [0.1, 0.15) is 49.9 Å². The van der Waals surface area contributed by atoms with Gasteiger partial charge in [0.2, 0.25) is 5.91 Å². The lowest BCUT2D eigenvalue weighted by Gasteiger charge is -2.34. The van der Waals surface area contributed by atoms with Gasteiger partial charge in [-0.2, -0.15) is 15.2 Å². The van der Waals surface area contributed by atoms with Crippen LogP contribution in [0.2, 0.25) is 0 Å². The van der Waals surface area contributed by atoms with Crippen LogP contribution in [0.15, 0.2) is 27.5 Å². The van der Waals surface area contributed by atoms with Crippen molar-refractivity contribution in [3.63, 3.8) is 0 Å². The van der Waals surface area contributed by atoms with Crippen LogP contribution in [0.3, 0.4) is 0 Å². The number of amidine groups is 2. The Balaban J connectivity index is 1.31. The number of hydrogen-bond donors (Lipinski definition) is 0. The van der Waals surface area contributed by atoms with Crippen molar-refractivity contribution in [1.82, 2.24) is 19.7 Å². The van der Waals surface area contributed by atoms with Crippen molar-refractivity contribution < 1.29 is 14.4 Å². The van der Waals surface area contributed by atoms with Gasteiger partial charge in [-0.05, 0) is 18.3 Å². The van der Waals surface area contributed by atoms with Crippen molar-refractivity contribution in [3.05, 3.63) is 18.0 Å². The molecule has 1 aromatic rings. The number of aromatic nitrogens is 2. The summed E-state index contributed by atoms with van der Waals surface area (Å²) in [4.78, 5) is 48.4. The summed E-state index contributed by atoms with van der Waals surface area (Å²) in [5.41, 5.74) is 0.219. The molecule has 1 saturated heterocycles. The van der Waals surface area contributed by atoms with Gasteiger partial charge in [-0.25, -0.2) is 4.99 Å².